The molecule has 3 unspecified atom stereocenters. The summed E-state index contributed by atoms with van der Waals surface area (Å²) >= 11 is 3.41. The first-order chi connectivity index (χ1) is 7.47. The van der Waals surface area contributed by atoms with Gasteiger partial charge in [-0.25, -0.2) is 0 Å². The third-order valence-electron chi connectivity index (χ3n) is 3.35. The van der Waals surface area contributed by atoms with Crippen molar-refractivity contribution in [1.29, 1.82) is 0 Å². The second-order valence-electron chi connectivity index (χ2n) is 4.98. The first-order valence-electron chi connectivity index (χ1n) is 5.95. The number of carbonyl (C=O) groups excluding carboxylic acids is 1. The largest absolute Gasteiger partial charge is 0.373 e. The molecule has 3 atom stereocenters. The predicted molar refractivity (Wildman–Crippen MR) is 68.7 cm³/mol. The van der Waals surface area contributed by atoms with E-state index in [0.717, 1.165) is 5.33 Å². The molecule has 3 nitrogen and oxygen atoms in total. The molecule has 16 heavy (non-hydrogen) atoms. The molecule has 0 aromatic carbocycles. The summed E-state index contributed by atoms with van der Waals surface area (Å²) in [4.78, 5) is 14.2. The van der Waals surface area contributed by atoms with Crippen LogP contribution in [0, 0.1) is 11.8 Å². The van der Waals surface area contributed by atoms with E-state index in [9.17, 15) is 4.79 Å². The molecule has 1 aliphatic rings. The zero-order valence-electron chi connectivity index (χ0n) is 10.6. The van der Waals surface area contributed by atoms with Crippen LogP contribution in [0.25, 0.3) is 0 Å². The lowest BCUT2D eigenvalue weighted by Crippen LogP contribution is -2.53. The average molecular weight is 292 g/mol. The van der Waals surface area contributed by atoms with Gasteiger partial charge in [0.05, 0.1) is 18.8 Å². The van der Waals surface area contributed by atoms with Gasteiger partial charge in [-0.2, -0.15) is 0 Å². The number of rotatable bonds is 3. The highest BCUT2D eigenvalue weighted by Gasteiger charge is 2.32. The van der Waals surface area contributed by atoms with E-state index in [0.29, 0.717) is 19.1 Å². The first kappa shape index (κ1) is 14.0. The number of morpholine rings is 1. The fraction of sp³-hybridized carbons (Fsp3) is 0.917. The highest BCUT2D eigenvalue weighted by atomic mass is 79.9. The van der Waals surface area contributed by atoms with Gasteiger partial charge in [0.25, 0.3) is 0 Å². The molecule has 0 spiro atoms. The Labute approximate surface area is 107 Å². The van der Waals surface area contributed by atoms with Crippen LogP contribution in [0.4, 0.5) is 0 Å². The number of alkyl halides is 1. The van der Waals surface area contributed by atoms with E-state index >= 15 is 0 Å². The Balaban J connectivity index is 2.65. The van der Waals surface area contributed by atoms with Gasteiger partial charge in [0.15, 0.2) is 0 Å². The van der Waals surface area contributed by atoms with Crippen molar-refractivity contribution in [3.05, 3.63) is 0 Å². The van der Waals surface area contributed by atoms with Gasteiger partial charge in [-0.1, -0.05) is 36.7 Å². The SMILES string of the molecule is CC(C)C(C)C(=O)N1CC(CBr)OCC1C. The van der Waals surface area contributed by atoms with Crippen LogP contribution >= 0.6 is 15.9 Å². The minimum absolute atomic E-state index is 0.0940. The second kappa shape index (κ2) is 6.01. The molecule has 1 fully saturated rings. The Kier molecular flexibility index (Phi) is 5.25. The maximum Gasteiger partial charge on any atom is 0.226 e. The highest BCUT2D eigenvalue weighted by Crippen LogP contribution is 2.19. The van der Waals surface area contributed by atoms with Crippen LogP contribution in [0.1, 0.15) is 27.7 Å². The first-order valence-corrected chi connectivity index (χ1v) is 7.07. The van der Waals surface area contributed by atoms with Gasteiger partial charge in [0.2, 0.25) is 5.91 Å². The lowest BCUT2D eigenvalue weighted by molar-refractivity contribution is -0.148. The van der Waals surface area contributed by atoms with Crippen molar-refractivity contribution in [3.63, 3.8) is 0 Å². The van der Waals surface area contributed by atoms with Crippen LogP contribution in [0.2, 0.25) is 0 Å². The van der Waals surface area contributed by atoms with E-state index < -0.39 is 0 Å². The van der Waals surface area contributed by atoms with E-state index in [2.05, 4.69) is 36.7 Å². The normalized spacial score (nSPS) is 28.2. The number of ether oxygens (including phenoxy) is 1. The molecule has 1 amide bonds. The summed E-state index contributed by atoms with van der Waals surface area (Å²) in [6, 6.07) is 0.198. The Hall–Kier alpha value is -0.0900. The summed E-state index contributed by atoms with van der Waals surface area (Å²) in [5.41, 5.74) is 0. The Bertz CT molecular complexity index is 245. The molecule has 94 valence electrons. The Morgan fingerprint density at radius 3 is 2.62 bits per heavy atom. The standard InChI is InChI=1S/C12H22BrNO2/c1-8(2)10(4)12(15)14-6-11(5-13)16-7-9(14)3/h8-11H,5-7H2,1-4H3. The third-order valence-corrected chi connectivity index (χ3v) is 4.07. The van der Waals surface area contributed by atoms with Crippen molar-refractivity contribution >= 4 is 21.8 Å². The number of nitrogens with zero attached hydrogens (tertiary/aromatic N) is 1. The van der Waals surface area contributed by atoms with Crippen molar-refractivity contribution in [1.82, 2.24) is 4.90 Å². The molecule has 1 heterocycles. The van der Waals surface area contributed by atoms with Gasteiger partial charge in [0, 0.05) is 17.8 Å². The van der Waals surface area contributed by atoms with Gasteiger partial charge < -0.3 is 9.64 Å². The maximum atomic E-state index is 12.3. The van der Waals surface area contributed by atoms with Crippen LogP contribution in [-0.4, -0.2) is 41.4 Å². The fourth-order valence-corrected chi connectivity index (χ4v) is 2.16. The summed E-state index contributed by atoms with van der Waals surface area (Å²) in [5, 5.41) is 0.791. The molecule has 0 N–H and O–H groups in total. The Morgan fingerprint density at radius 2 is 2.12 bits per heavy atom. The van der Waals surface area contributed by atoms with E-state index in [-0.39, 0.29) is 24.0 Å². The van der Waals surface area contributed by atoms with Crippen LogP contribution in [-0.2, 0) is 9.53 Å². The number of halogens is 1. The van der Waals surface area contributed by atoms with E-state index in [1.807, 2.05) is 11.8 Å². The van der Waals surface area contributed by atoms with E-state index in [1.165, 1.54) is 0 Å². The molecule has 0 aliphatic carbocycles. The molecule has 0 aromatic rings. The molecule has 0 bridgehead atoms. The topological polar surface area (TPSA) is 29.5 Å². The Morgan fingerprint density at radius 1 is 1.50 bits per heavy atom. The molecule has 0 aromatic heterocycles. The minimum atomic E-state index is 0.0940. The number of hydrogen-bond acceptors (Lipinski definition) is 2. The van der Waals surface area contributed by atoms with Gasteiger partial charge in [0.1, 0.15) is 0 Å². The summed E-state index contributed by atoms with van der Waals surface area (Å²) in [5.74, 6) is 0.748. The van der Waals surface area contributed by atoms with Crippen LogP contribution in [0.15, 0.2) is 0 Å². The van der Waals surface area contributed by atoms with Gasteiger partial charge in [-0.05, 0) is 12.8 Å². The van der Waals surface area contributed by atoms with Crippen molar-refractivity contribution in [2.75, 3.05) is 18.5 Å². The van der Waals surface area contributed by atoms with E-state index in [1.54, 1.807) is 0 Å². The van der Waals surface area contributed by atoms with E-state index in [4.69, 9.17) is 4.74 Å². The minimum Gasteiger partial charge on any atom is -0.373 e. The zero-order chi connectivity index (χ0) is 12.3. The number of amides is 1. The van der Waals surface area contributed by atoms with Gasteiger partial charge >= 0.3 is 0 Å². The number of hydrogen-bond donors (Lipinski definition) is 0. The molecule has 0 radical (unpaired) electrons. The zero-order valence-corrected chi connectivity index (χ0v) is 12.2. The van der Waals surface area contributed by atoms with Crippen molar-refractivity contribution in [2.45, 2.75) is 39.8 Å². The summed E-state index contributed by atoms with van der Waals surface area (Å²) in [7, 11) is 0. The molecule has 1 saturated heterocycles. The van der Waals surface area contributed by atoms with Crippen molar-refractivity contribution in [3.8, 4) is 0 Å². The van der Waals surface area contributed by atoms with Gasteiger partial charge in [-0.3, -0.25) is 4.79 Å². The summed E-state index contributed by atoms with van der Waals surface area (Å²) < 4.78 is 5.62. The van der Waals surface area contributed by atoms with Crippen molar-refractivity contribution < 1.29 is 9.53 Å². The predicted octanol–water partition coefficient (Wildman–Crippen LogP) is 2.29. The highest BCUT2D eigenvalue weighted by molar-refractivity contribution is 9.09. The molecule has 1 rings (SSSR count). The van der Waals surface area contributed by atoms with Crippen molar-refractivity contribution in [2.24, 2.45) is 11.8 Å². The lowest BCUT2D eigenvalue weighted by atomic mass is 9.95. The monoisotopic (exact) mass is 291 g/mol. The molecular weight excluding hydrogens is 270 g/mol. The fourth-order valence-electron chi connectivity index (χ4n) is 1.76. The summed E-state index contributed by atoms with van der Waals surface area (Å²) in [6.45, 7) is 9.61. The quantitative estimate of drug-likeness (QED) is 0.747. The van der Waals surface area contributed by atoms with Crippen LogP contribution in [0.3, 0.4) is 0 Å². The average Bonchev–Trinajstić information content (AvgIpc) is 2.27. The molecule has 4 heteroatoms. The van der Waals surface area contributed by atoms with Gasteiger partial charge in [-0.15, -0.1) is 0 Å². The smallest absolute Gasteiger partial charge is 0.226 e. The molecule has 0 saturated carbocycles. The summed E-state index contributed by atoms with van der Waals surface area (Å²) in [6.07, 6.45) is 0.138. The molecular formula is C12H22BrNO2. The van der Waals surface area contributed by atoms with Crippen LogP contribution < -0.4 is 0 Å². The van der Waals surface area contributed by atoms with Crippen LogP contribution in [0.5, 0.6) is 0 Å². The molecule has 1 aliphatic heterocycles. The number of carbonyl (C=O) groups is 1. The third kappa shape index (κ3) is 3.20. The second-order valence-corrected chi connectivity index (χ2v) is 5.63. The maximum absolute atomic E-state index is 12.3. The lowest BCUT2D eigenvalue weighted by Gasteiger charge is -2.39.